The number of aromatic nitrogens is 3. The fraction of sp³-hybridized carbons (Fsp3) is 0.345. The first-order chi connectivity index (χ1) is 17.5. The van der Waals surface area contributed by atoms with Gasteiger partial charge in [-0.3, -0.25) is 4.79 Å². The molecule has 184 valence electrons. The van der Waals surface area contributed by atoms with Crippen molar-refractivity contribution in [3.8, 4) is 0 Å². The Morgan fingerprint density at radius 1 is 0.944 bits per heavy atom. The van der Waals surface area contributed by atoms with E-state index in [4.69, 9.17) is 4.98 Å². The Balaban J connectivity index is 1.27. The lowest BCUT2D eigenvalue weighted by Crippen LogP contribution is -2.34. The van der Waals surface area contributed by atoms with Crippen LogP contribution < -0.4 is 16.2 Å². The lowest BCUT2D eigenvalue weighted by molar-refractivity contribution is 0.203. The van der Waals surface area contributed by atoms with Crippen LogP contribution >= 0.6 is 0 Å². The molecule has 36 heavy (non-hydrogen) atoms. The maximum absolute atomic E-state index is 12.7. The number of likely N-dealkylation sites (tertiary alicyclic amines) is 1. The van der Waals surface area contributed by atoms with Gasteiger partial charge in [0.1, 0.15) is 17.5 Å². The number of hydrogen-bond acceptors (Lipinski definition) is 6. The zero-order chi connectivity index (χ0) is 24.6. The molecule has 0 spiro atoms. The number of fused-ring (bicyclic) bond motifs is 1. The SMILES string of the molecule is Cc1ccc(Nc2cc3cc[nH]c(=O)c3c(Nc3ccc(C4CCN(C5CC5)CC4)c(C)c3)n2)nc1. The molecule has 1 aliphatic heterocycles. The topological polar surface area (TPSA) is 85.9 Å². The Labute approximate surface area is 211 Å². The molecule has 3 N–H and O–H groups in total. The van der Waals surface area contributed by atoms with E-state index in [0.29, 0.717) is 28.8 Å². The van der Waals surface area contributed by atoms with E-state index in [1.165, 1.54) is 49.9 Å². The Bertz CT molecular complexity index is 1450. The molecule has 2 fully saturated rings. The van der Waals surface area contributed by atoms with E-state index in [1.54, 1.807) is 6.20 Å². The Hall–Kier alpha value is -3.71. The summed E-state index contributed by atoms with van der Waals surface area (Å²) in [7, 11) is 0. The second-order valence-corrected chi connectivity index (χ2v) is 10.2. The minimum absolute atomic E-state index is 0.168. The average molecular weight is 481 g/mol. The third-order valence-electron chi connectivity index (χ3n) is 7.49. The largest absolute Gasteiger partial charge is 0.339 e. The number of anilines is 4. The van der Waals surface area contributed by atoms with E-state index in [9.17, 15) is 4.79 Å². The lowest BCUT2D eigenvalue weighted by atomic mass is 9.86. The number of hydrogen-bond donors (Lipinski definition) is 3. The van der Waals surface area contributed by atoms with E-state index >= 15 is 0 Å². The standard InChI is InChI=1S/C29H32N6O/c1-18-3-8-25(31-17-18)33-26-16-21-9-12-30-29(36)27(21)28(34-26)32-22-4-7-24(19(2)15-22)20-10-13-35(14-11-20)23-5-6-23/h3-4,7-9,12,15-17,20,23H,5-6,10-11,13-14H2,1-2H3,(H,30,36)(H2,31,32,33,34). The van der Waals surface area contributed by atoms with Crippen LogP contribution in [0.1, 0.15) is 48.3 Å². The quantitative estimate of drug-likeness (QED) is 0.325. The summed E-state index contributed by atoms with van der Waals surface area (Å²) in [6.45, 7) is 6.61. The highest BCUT2D eigenvalue weighted by molar-refractivity contribution is 5.94. The van der Waals surface area contributed by atoms with Crippen LogP contribution in [-0.2, 0) is 0 Å². The van der Waals surface area contributed by atoms with E-state index < -0.39 is 0 Å². The van der Waals surface area contributed by atoms with E-state index in [2.05, 4.69) is 50.6 Å². The second-order valence-electron chi connectivity index (χ2n) is 10.2. The Kier molecular flexibility index (Phi) is 5.93. The van der Waals surface area contributed by atoms with Gasteiger partial charge in [-0.2, -0.15) is 0 Å². The molecule has 1 saturated heterocycles. The summed E-state index contributed by atoms with van der Waals surface area (Å²) < 4.78 is 0. The molecule has 0 amide bonds. The van der Waals surface area contributed by atoms with Crippen LogP contribution in [0.5, 0.6) is 0 Å². The third-order valence-corrected chi connectivity index (χ3v) is 7.49. The second kappa shape index (κ2) is 9.39. The van der Waals surface area contributed by atoms with Gasteiger partial charge in [-0.05, 0) is 111 Å². The number of aromatic amines is 1. The number of piperidine rings is 1. The van der Waals surface area contributed by atoms with Crippen LogP contribution in [0, 0.1) is 13.8 Å². The van der Waals surface area contributed by atoms with Gasteiger partial charge in [0.15, 0.2) is 0 Å². The van der Waals surface area contributed by atoms with Crippen molar-refractivity contribution in [2.24, 2.45) is 0 Å². The molecule has 0 radical (unpaired) electrons. The molecule has 7 nitrogen and oxygen atoms in total. The molecule has 2 aliphatic rings. The van der Waals surface area contributed by atoms with Crippen molar-refractivity contribution >= 4 is 33.9 Å². The third kappa shape index (κ3) is 4.71. The number of aryl methyl sites for hydroxylation is 2. The van der Waals surface area contributed by atoms with Gasteiger partial charge < -0.3 is 20.5 Å². The van der Waals surface area contributed by atoms with Crippen molar-refractivity contribution < 1.29 is 0 Å². The number of benzene rings is 1. The van der Waals surface area contributed by atoms with E-state index in [1.807, 2.05) is 37.4 Å². The highest BCUT2D eigenvalue weighted by atomic mass is 16.1. The lowest BCUT2D eigenvalue weighted by Gasteiger charge is -2.33. The normalized spacial score (nSPS) is 16.8. The average Bonchev–Trinajstić information content (AvgIpc) is 3.71. The van der Waals surface area contributed by atoms with Crippen molar-refractivity contribution in [3.05, 3.63) is 81.9 Å². The van der Waals surface area contributed by atoms with Gasteiger partial charge in [-0.25, -0.2) is 9.97 Å². The van der Waals surface area contributed by atoms with Crippen LogP contribution in [-0.4, -0.2) is 39.0 Å². The molecule has 1 aliphatic carbocycles. The predicted octanol–water partition coefficient (Wildman–Crippen LogP) is 5.76. The summed E-state index contributed by atoms with van der Waals surface area (Å²) in [4.78, 5) is 27.4. The molecule has 1 saturated carbocycles. The Morgan fingerprint density at radius 3 is 2.50 bits per heavy atom. The van der Waals surface area contributed by atoms with E-state index in [-0.39, 0.29) is 5.56 Å². The molecule has 0 atom stereocenters. The summed E-state index contributed by atoms with van der Waals surface area (Å²) in [5.41, 5.74) is 4.56. The molecule has 6 rings (SSSR count). The van der Waals surface area contributed by atoms with Crippen LogP contribution in [0.2, 0.25) is 0 Å². The molecule has 1 aromatic carbocycles. The highest BCUT2D eigenvalue weighted by Crippen LogP contribution is 2.36. The fourth-order valence-electron chi connectivity index (χ4n) is 5.41. The van der Waals surface area contributed by atoms with Gasteiger partial charge in [0, 0.05) is 24.1 Å². The Morgan fingerprint density at radius 2 is 1.78 bits per heavy atom. The van der Waals surface area contributed by atoms with Crippen molar-refractivity contribution in [1.29, 1.82) is 0 Å². The maximum atomic E-state index is 12.7. The van der Waals surface area contributed by atoms with Gasteiger partial charge in [0.25, 0.3) is 5.56 Å². The first-order valence-corrected chi connectivity index (χ1v) is 12.9. The van der Waals surface area contributed by atoms with Crippen molar-refractivity contribution in [1.82, 2.24) is 19.9 Å². The molecule has 0 bridgehead atoms. The summed E-state index contributed by atoms with van der Waals surface area (Å²) >= 11 is 0. The molecule has 4 heterocycles. The van der Waals surface area contributed by atoms with Crippen LogP contribution in [0.3, 0.4) is 0 Å². The summed E-state index contributed by atoms with van der Waals surface area (Å²) in [6.07, 6.45) is 8.70. The van der Waals surface area contributed by atoms with Crippen molar-refractivity contribution in [2.45, 2.75) is 51.5 Å². The molecular weight excluding hydrogens is 448 g/mol. The fourth-order valence-corrected chi connectivity index (χ4v) is 5.41. The first kappa shape index (κ1) is 22.7. The first-order valence-electron chi connectivity index (χ1n) is 12.9. The number of rotatable bonds is 6. The van der Waals surface area contributed by atoms with Gasteiger partial charge >= 0.3 is 0 Å². The number of pyridine rings is 3. The zero-order valence-electron chi connectivity index (χ0n) is 20.8. The molecule has 4 aromatic rings. The smallest absolute Gasteiger partial charge is 0.259 e. The van der Waals surface area contributed by atoms with E-state index in [0.717, 1.165) is 22.7 Å². The zero-order valence-corrected chi connectivity index (χ0v) is 20.8. The number of H-pyrrole nitrogens is 1. The van der Waals surface area contributed by atoms with Gasteiger partial charge in [-0.15, -0.1) is 0 Å². The monoisotopic (exact) mass is 480 g/mol. The predicted molar refractivity (Wildman–Crippen MR) is 146 cm³/mol. The van der Waals surface area contributed by atoms with Crippen LogP contribution in [0.4, 0.5) is 23.1 Å². The molecule has 0 unspecified atom stereocenters. The number of nitrogens with one attached hydrogen (secondary N) is 3. The van der Waals surface area contributed by atoms with Gasteiger partial charge in [0.05, 0.1) is 5.39 Å². The summed E-state index contributed by atoms with van der Waals surface area (Å²) in [5.74, 6) is 2.47. The van der Waals surface area contributed by atoms with Gasteiger partial charge in [-0.1, -0.05) is 12.1 Å². The molecule has 7 heteroatoms. The van der Waals surface area contributed by atoms with Crippen LogP contribution in [0.25, 0.3) is 10.8 Å². The maximum Gasteiger partial charge on any atom is 0.259 e. The molecule has 3 aromatic heterocycles. The summed E-state index contributed by atoms with van der Waals surface area (Å²) in [6, 6.07) is 15.1. The molecular formula is C29H32N6O. The summed E-state index contributed by atoms with van der Waals surface area (Å²) in [5, 5.41) is 8.04. The van der Waals surface area contributed by atoms with Crippen LogP contribution in [0.15, 0.2) is 59.7 Å². The van der Waals surface area contributed by atoms with Crippen molar-refractivity contribution in [3.63, 3.8) is 0 Å². The van der Waals surface area contributed by atoms with Gasteiger partial charge in [0.2, 0.25) is 0 Å². The minimum atomic E-state index is -0.168. The minimum Gasteiger partial charge on any atom is -0.339 e. The highest BCUT2D eigenvalue weighted by Gasteiger charge is 2.32. The number of nitrogens with zero attached hydrogens (tertiary/aromatic N) is 3. The van der Waals surface area contributed by atoms with Crippen molar-refractivity contribution in [2.75, 3.05) is 23.7 Å².